The molecule has 0 aromatic heterocycles. The zero-order valence-electron chi connectivity index (χ0n) is 18.8. The number of rotatable bonds is 7. The van der Waals surface area contributed by atoms with Gasteiger partial charge in [0.25, 0.3) is 6.02 Å². The summed E-state index contributed by atoms with van der Waals surface area (Å²) >= 11 is 6.35. The molecule has 0 aliphatic carbocycles. The zero-order valence-corrected chi connectivity index (χ0v) is 19.6. The molecule has 1 amide bonds. The third-order valence-corrected chi connectivity index (χ3v) is 4.10. The van der Waals surface area contributed by atoms with E-state index >= 15 is 0 Å². The highest BCUT2D eigenvalue weighted by Crippen LogP contribution is 2.34. The SMILES string of the molecule is CCCCN=C(NCC)OC(=O)c1cc(Cl)c(N(C)C(=O)OC(C)(C)C)cc1OC. The Labute approximate surface area is 183 Å². The molecule has 0 radical (unpaired) electrons. The van der Waals surface area contributed by atoms with Crippen molar-refractivity contribution in [1.29, 1.82) is 0 Å². The number of hydrogen-bond donors (Lipinski definition) is 1. The van der Waals surface area contributed by atoms with Crippen LogP contribution in [0.1, 0.15) is 57.8 Å². The summed E-state index contributed by atoms with van der Waals surface area (Å²) in [7, 11) is 2.94. The number of anilines is 1. The van der Waals surface area contributed by atoms with Gasteiger partial charge in [-0.25, -0.2) is 14.6 Å². The van der Waals surface area contributed by atoms with E-state index in [1.165, 1.54) is 31.2 Å². The van der Waals surface area contributed by atoms with Crippen molar-refractivity contribution in [3.05, 3.63) is 22.7 Å². The number of benzene rings is 1. The van der Waals surface area contributed by atoms with E-state index in [-0.39, 0.29) is 22.4 Å². The molecule has 30 heavy (non-hydrogen) atoms. The monoisotopic (exact) mass is 441 g/mol. The van der Waals surface area contributed by atoms with E-state index in [0.717, 1.165) is 12.8 Å². The van der Waals surface area contributed by atoms with Gasteiger partial charge in [0.15, 0.2) is 0 Å². The molecule has 168 valence electrons. The number of ether oxygens (including phenoxy) is 3. The fraction of sp³-hybridized carbons (Fsp3) is 0.571. The Morgan fingerprint density at radius 3 is 2.43 bits per heavy atom. The molecular formula is C21H32ClN3O5. The Bertz CT molecular complexity index is 775. The molecule has 8 nitrogen and oxygen atoms in total. The number of halogens is 1. The average molecular weight is 442 g/mol. The van der Waals surface area contributed by atoms with Crippen LogP contribution in [0, 0.1) is 0 Å². The van der Waals surface area contributed by atoms with Crippen molar-refractivity contribution < 1.29 is 23.8 Å². The highest BCUT2D eigenvalue weighted by atomic mass is 35.5. The summed E-state index contributed by atoms with van der Waals surface area (Å²) in [5, 5.41) is 3.09. The van der Waals surface area contributed by atoms with Crippen LogP contribution in [0.2, 0.25) is 5.02 Å². The van der Waals surface area contributed by atoms with Crippen LogP contribution in [0.25, 0.3) is 0 Å². The Morgan fingerprint density at radius 2 is 1.90 bits per heavy atom. The number of esters is 1. The fourth-order valence-corrected chi connectivity index (χ4v) is 2.60. The number of nitrogens with zero attached hydrogens (tertiary/aromatic N) is 2. The minimum absolute atomic E-state index is 0.116. The van der Waals surface area contributed by atoms with Gasteiger partial charge in [-0.05, 0) is 40.2 Å². The van der Waals surface area contributed by atoms with Crippen molar-refractivity contribution in [2.24, 2.45) is 4.99 Å². The van der Waals surface area contributed by atoms with E-state index in [9.17, 15) is 9.59 Å². The quantitative estimate of drug-likeness (QED) is 0.287. The first-order valence-electron chi connectivity index (χ1n) is 9.88. The lowest BCUT2D eigenvalue weighted by Gasteiger charge is -2.25. The molecule has 0 heterocycles. The Morgan fingerprint density at radius 1 is 1.23 bits per heavy atom. The van der Waals surface area contributed by atoms with Gasteiger partial charge in [0.2, 0.25) is 0 Å². The van der Waals surface area contributed by atoms with Crippen molar-refractivity contribution in [3.63, 3.8) is 0 Å². The molecule has 0 bridgehead atoms. The minimum atomic E-state index is -0.670. The van der Waals surface area contributed by atoms with Gasteiger partial charge in [-0.15, -0.1) is 0 Å². The highest BCUT2D eigenvalue weighted by molar-refractivity contribution is 6.34. The van der Waals surface area contributed by atoms with Crippen LogP contribution < -0.4 is 15.0 Å². The fourth-order valence-electron chi connectivity index (χ4n) is 2.31. The van der Waals surface area contributed by atoms with E-state index < -0.39 is 17.7 Å². The second kappa shape index (κ2) is 11.6. The van der Waals surface area contributed by atoms with Crippen LogP contribution in [0.15, 0.2) is 17.1 Å². The molecule has 1 N–H and O–H groups in total. The first-order valence-corrected chi connectivity index (χ1v) is 10.3. The number of amides is 1. The molecule has 0 spiro atoms. The Hall–Kier alpha value is -2.48. The number of unbranched alkanes of at least 4 members (excludes halogenated alkanes) is 1. The van der Waals surface area contributed by atoms with Gasteiger partial charge in [0.1, 0.15) is 16.9 Å². The van der Waals surface area contributed by atoms with Crippen LogP contribution in [0.4, 0.5) is 10.5 Å². The van der Waals surface area contributed by atoms with Crippen LogP contribution in [0.3, 0.4) is 0 Å². The highest BCUT2D eigenvalue weighted by Gasteiger charge is 2.25. The maximum Gasteiger partial charge on any atom is 0.414 e. The number of carbonyl (C=O) groups is 2. The molecule has 1 aromatic rings. The standard InChI is InChI=1S/C21H32ClN3O5/c1-8-10-11-24-19(23-9-2)29-18(26)14-12-15(22)16(13-17(14)28-7)25(6)20(27)30-21(3,4)5/h12-13H,8-11H2,1-7H3,(H,23,24). The van der Waals surface area contributed by atoms with E-state index in [0.29, 0.717) is 18.8 Å². The largest absolute Gasteiger partial charge is 0.496 e. The number of nitrogens with one attached hydrogen (secondary N) is 1. The molecule has 0 aliphatic heterocycles. The summed E-state index contributed by atoms with van der Waals surface area (Å²) in [5.74, 6) is -0.462. The number of methoxy groups -OCH3 is 1. The van der Waals surface area contributed by atoms with Crippen LogP contribution in [-0.2, 0) is 9.47 Å². The van der Waals surface area contributed by atoms with Crippen molar-refractivity contribution >= 4 is 35.4 Å². The van der Waals surface area contributed by atoms with Crippen molar-refractivity contribution in [2.75, 3.05) is 32.1 Å². The van der Waals surface area contributed by atoms with Gasteiger partial charge in [-0.1, -0.05) is 24.9 Å². The molecule has 1 aromatic carbocycles. The number of carbonyl (C=O) groups excluding carboxylic acids is 2. The van der Waals surface area contributed by atoms with Gasteiger partial charge >= 0.3 is 12.1 Å². The number of aliphatic imine (C=N–C) groups is 1. The van der Waals surface area contributed by atoms with Crippen LogP contribution in [-0.4, -0.2) is 50.9 Å². The normalized spacial score (nSPS) is 11.7. The van der Waals surface area contributed by atoms with Crippen molar-refractivity contribution in [3.8, 4) is 5.75 Å². The van der Waals surface area contributed by atoms with Gasteiger partial charge in [-0.3, -0.25) is 4.90 Å². The maximum atomic E-state index is 12.7. The zero-order chi connectivity index (χ0) is 22.9. The van der Waals surface area contributed by atoms with Gasteiger partial charge < -0.3 is 19.5 Å². The molecule has 1 rings (SSSR count). The van der Waals surface area contributed by atoms with E-state index in [4.69, 9.17) is 25.8 Å². The first kappa shape index (κ1) is 25.6. The second-order valence-corrected chi connectivity index (χ2v) is 7.91. The average Bonchev–Trinajstić information content (AvgIpc) is 2.66. The topological polar surface area (TPSA) is 89.5 Å². The predicted molar refractivity (Wildman–Crippen MR) is 119 cm³/mol. The molecule has 9 heteroatoms. The molecule has 0 fully saturated rings. The molecular weight excluding hydrogens is 410 g/mol. The van der Waals surface area contributed by atoms with Gasteiger partial charge in [-0.2, -0.15) is 0 Å². The Balaban J connectivity index is 3.15. The van der Waals surface area contributed by atoms with Crippen molar-refractivity contribution in [2.45, 2.75) is 53.1 Å². The smallest absolute Gasteiger partial charge is 0.414 e. The first-order chi connectivity index (χ1) is 14.0. The Kier molecular flexibility index (Phi) is 9.92. The number of hydrogen-bond acceptors (Lipinski definition) is 6. The molecule has 0 saturated heterocycles. The summed E-state index contributed by atoms with van der Waals surface area (Å²) in [5.41, 5.74) is -0.210. The van der Waals surface area contributed by atoms with Crippen LogP contribution in [0.5, 0.6) is 5.75 Å². The summed E-state index contributed by atoms with van der Waals surface area (Å²) in [6.45, 7) is 10.3. The lowest BCUT2D eigenvalue weighted by molar-refractivity contribution is 0.0589. The minimum Gasteiger partial charge on any atom is -0.496 e. The molecule has 0 atom stereocenters. The van der Waals surface area contributed by atoms with Gasteiger partial charge in [0, 0.05) is 26.2 Å². The third kappa shape index (κ3) is 7.74. The summed E-state index contributed by atoms with van der Waals surface area (Å²) in [4.78, 5) is 30.6. The predicted octanol–water partition coefficient (Wildman–Crippen LogP) is 4.64. The molecule has 0 saturated carbocycles. The number of amidine groups is 1. The van der Waals surface area contributed by atoms with E-state index in [1.807, 2.05) is 6.92 Å². The summed E-state index contributed by atoms with van der Waals surface area (Å²) in [6, 6.07) is 3.03. The maximum absolute atomic E-state index is 12.7. The second-order valence-electron chi connectivity index (χ2n) is 7.50. The lowest BCUT2D eigenvalue weighted by Crippen LogP contribution is -2.34. The third-order valence-electron chi connectivity index (χ3n) is 3.80. The summed E-state index contributed by atoms with van der Waals surface area (Å²) in [6.07, 6.45) is 1.28. The summed E-state index contributed by atoms with van der Waals surface area (Å²) < 4.78 is 16.1. The molecule has 0 unspecified atom stereocenters. The molecule has 0 aliphatic rings. The lowest BCUT2D eigenvalue weighted by atomic mass is 10.1. The van der Waals surface area contributed by atoms with Crippen LogP contribution >= 0.6 is 11.6 Å². The van der Waals surface area contributed by atoms with Gasteiger partial charge in [0.05, 0.1) is 17.8 Å². The van der Waals surface area contributed by atoms with E-state index in [2.05, 4.69) is 17.2 Å². The van der Waals surface area contributed by atoms with Crippen molar-refractivity contribution in [1.82, 2.24) is 5.32 Å². The van der Waals surface area contributed by atoms with E-state index in [1.54, 1.807) is 20.8 Å².